The number of nitro benzene ring substituents is 1. The number of aryl methyl sites for hydroxylation is 1. The number of nitrogens with two attached hydrogens (primary N) is 1. The molecule has 2 rings (SSSR count). The Labute approximate surface area is 111 Å². The third kappa shape index (κ3) is 2.44. The number of benzene rings is 1. The summed E-state index contributed by atoms with van der Waals surface area (Å²) in [7, 11) is 0. The highest BCUT2D eigenvalue weighted by Crippen LogP contribution is 2.23. The van der Waals surface area contributed by atoms with Gasteiger partial charge in [0.2, 0.25) is 0 Å². The summed E-state index contributed by atoms with van der Waals surface area (Å²) in [5.41, 5.74) is 6.96. The molecule has 1 amide bonds. The Morgan fingerprint density at radius 2 is 2.21 bits per heavy atom. The van der Waals surface area contributed by atoms with Crippen molar-refractivity contribution in [1.82, 2.24) is 4.90 Å². The maximum absolute atomic E-state index is 12.4. The van der Waals surface area contributed by atoms with Gasteiger partial charge in [-0.05, 0) is 25.8 Å². The van der Waals surface area contributed by atoms with Gasteiger partial charge in [0.15, 0.2) is 0 Å². The van der Waals surface area contributed by atoms with Crippen molar-refractivity contribution in [3.05, 3.63) is 39.4 Å². The topological polar surface area (TPSA) is 89.5 Å². The summed E-state index contributed by atoms with van der Waals surface area (Å²) in [4.78, 5) is 24.4. The van der Waals surface area contributed by atoms with Gasteiger partial charge in [0.05, 0.1) is 4.92 Å². The van der Waals surface area contributed by atoms with E-state index in [1.54, 1.807) is 17.9 Å². The van der Waals surface area contributed by atoms with Crippen LogP contribution in [0.1, 0.15) is 29.3 Å². The van der Waals surface area contributed by atoms with Crippen molar-refractivity contribution in [2.75, 3.05) is 6.54 Å². The van der Waals surface area contributed by atoms with E-state index in [0.717, 1.165) is 12.0 Å². The molecular weight excluding hydrogens is 246 g/mol. The molecule has 0 aliphatic carbocycles. The Morgan fingerprint density at radius 1 is 1.53 bits per heavy atom. The second-order valence-corrected chi connectivity index (χ2v) is 4.95. The van der Waals surface area contributed by atoms with Crippen LogP contribution in [0, 0.1) is 17.0 Å². The molecule has 6 heteroatoms. The third-order valence-corrected chi connectivity index (χ3v) is 3.74. The van der Waals surface area contributed by atoms with Crippen molar-refractivity contribution >= 4 is 11.6 Å². The van der Waals surface area contributed by atoms with Crippen molar-refractivity contribution in [2.45, 2.75) is 32.4 Å². The summed E-state index contributed by atoms with van der Waals surface area (Å²) >= 11 is 0. The Balaban J connectivity index is 2.33. The average Bonchev–Trinajstić information content (AvgIpc) is 2.69. The monoisotopic (exact) mass is 263 g/mol. The van der Waals surface area contributed by atoms with Gasteiger partial charge in [-0.25, -0.2) is 0 Å². The van der Waals surface area contributed by atoms with Crippen LogP contribution >= 0.6 is 0 Å². The van der Waals surface area contributed by atoms with E-state index in [4.69, 9.17) is 5.73 Å². The minimum atomic E-state index is -0.491. The predicted molar refractivity (Wildman–Crippen MR) is 70.9 cm³/mol. The zero-order chi connectivity index (χ0) is 14.2. The Morgan fingerprint density at radius 3 is 2.74 bits per heavy atom. The van der Waals surface area contributed by atoms with E-state index in [1.807, 2.05) is 6.92 Å². The number of nitro groups is 1. The van der Waals surface area contributed by atoms with Gasteiger partial charge >= 0.3 is 0 Å². The fourth-order valence-corrected chi connectivity index (χ4v) is 2.36. The van der Waals surface area contributed by atoms with Crippen molar-refractivity contribution in [3.8, 4) is 0 Å². The quantitative estimate of drug-likeness (QED) is 0.646. The molecule has 6 nitrogen and oxygen atoms in total. The van der Waals surface area contributed by atoms with E-state index in [9.17, 15) is 14.9 Å². The van der Waals surface area contributed by atoms with E-state index in [2.05, 4.69) is 0 Å². The molecule has 1 aromatic carbocycles. The number of rotatable bonds is 2. The van der Waals surface area contributed by atoms with E-state index in [0.29, 0.717) is 12.1 Å². The van der Waals surface area contributed by atoms with Gasteiger partial charge < -0.3 is 10.6 Å². The highest BCUT2D eigenvalue weighted by atomic mass is 16.6. The molecule has 19 heavy (non-hydrogen) atoms. The first-order valence-corrected chi connectivity index (χ1v) is 6.23. The SMILES string of the molecule is Cc1ccc([N+](=O)[O-])cc1C(=O)N1CCC(N)C1C. The molecule has 0 aromatic heterocycles. The number of amides is 1. The number of hydrogen-bond donors (Lipinski definition) is 1. The molecule has 0 radical (unpaired) electrons. The number of non-ortho nitro benzene ring substituents is 1. The molecule has 1 heterocycles. The normalized spacial score (nSPS) is 22.6. The average molecular weight is 263 g/mol. The van der Waals surface area contributed by atoms with Gasteiger partial charge in [-0.1, -0.05) is 6.07 Å². The second-order valence-electron chi connectivity index (χ2n) is 4.95. The van der Waals surface area contributed by atoms with Crippen LogP contribution in [0.2, 0.25) is 0 Å². The number of hydrogen-bond acceptors (Lipinski definition) is 4. The molecule has 102 valence electrons. The highest BCUT2D eigenvalue weighted by molar-refractivity contribution is 5.96. The summed E-state index contributed by atoms with van der Waals surface area (Å²) in [5, 5.41) is 10.8. The fourth-order valence-electron chi connectivity index (χ4n) is 2.36. The van der Waals surface area contributed by atoms with Crippen LogP contribution in [0.5, 0.6) is 0 Å². The molecule has 2 N–H and O–H groups in total. The highest BCUT2D eigenvalue weighted by Gasteiger charge is 2.32. The third-order valence-electron chi connectivity index (χ3n) is 3.74. The summed E-state index contributed by atoms with van der Waals surface area (Å²) in [6.07, 6.45) is 0.765. The van der Waals surface area contributed by atoms with Crippen LogP contribution in [0.15, 0.2) is 18.2 Å². The largest absolute Gasteiger partial charge is 0.334 e. The molecule has 1 saturated heterocycles. The van der Waals surface area contributed by atoms with E-state index in [1.165, 1.54) is 12.1 Å². The lowest BCUT2D eigenvalue weighted by molar-refractivity contribution is -0.384. The first-order valence-electron chi connectivity index (χ1n) is 6.23. The van der Waals surface area contributed by atoms with Crippen molar-refractivity contribution in [3.63, 3.8) is 0 Å². The molecule has 2 atom stereocenters. The van der Waals surface area contributed by atoms with Crippen LogP contribution in [-0.2, 0) is 0 Å². The van der Waals surface area contributed by atoms with Gasteiger partial charge in [0, 0.05) is 36.3 Å². The molecule has 0 spiro atoms. The summed E-state index contributed by atoms with van der Waals surface area (Å²) in [6, 6.07) is 4.29. The van der Waals surface area contributed by atoms with Crippen LogP contribution < -0.4 is 5.73 Å². The smallest absolute Gasteiger partial charge is 0.270 e. The fraction of sp³-hybridized carbons (Fsp3) is 0.462. The van der Waals surface area contributed by atoms with Crippen LogP contribution in [0.25, 0.3) is 0 Å². The number of nitrogens with zero attached hydrogens (tertiary/aromatic N) is 2. The van der Waals surface area contributed by atoms with Gasteiger partial charge in [-0.2, -0.15) is 0 Å². The van der Waals surface area contributed by atoms with Crippen molar-refractivity contribution in [2.24, 2.45) is 5.73 Å². The molecule has 0 saturated carbocycles. The Hall–Kier alpha value is -1.95. The lowest BCUT2D eigenvalue weighted by Crippen LogP contribution is -2.40. The molecule has 1 aromatic rings. The predicted octanol–water partition coefficient (Wildman–Crippen LogP) is 1.46. The van der Waals surface area contributed by atoms with Gasteiger partial charge in [-0.15, -0.1) is 0 Å². The lowest BCUT2D eigenvalue weighted by Gasteiger charge is -2.23. The molecule has 1 aliphatic rings. The van der Waals surface area contributed by atoms with E-state index < -0.39 is 4.92 Å². The standard InChI is InChI=1S/C13H17N3O3/c1-8-3-4-10(16(18)19)7-11(8)13(17)15-6-5-12(14)9(15)2/h3-4,7,9,12H,5-6,14H2,1-2H3. The van der Waals surface area contributed by atoms with Gasteiger partial charge in [0.1, 0.15) is 0 Å². The zero-order valence-electron chi connectivity index (χ0n) is 11.0. The first-order chi connectivity index (χ1) is 8.91. The molecule has 0 bridgehead atoms. The molecule has 2 unspecified atom stereocenters. The summed E-state index contributed by atoms with van der Waals surface area (Å²) in [6.45, 7) is 4.28. The Kier molecular flexibility index (Phi) is 3.53. The molecule has 1 aliphatic heterocycles. The summed E-state index contributed by atoms with van der Waals surface area (Å²) < 4.78 is 0. The van der Waals surface area contributed by atoms with Crippen molar-refractivity contribution in [1.29, 1.82) is 0 Å². The minimum absolute atomic E-state index is 0.0250. The zero-order valence-corrected chi connectivity index (χ0v) is 11.0. The van der Waals surface area contributed by atoms with Crippen molar-refractivity contribution < 1.29 is 9.72 Å². The van der Waals surface area contributed by atoms with Gasteiger partial charge in [-0.3, -0.25) is 14.9 Å². The molecular formula is C13H17N3O3. The minimum Gasteiger partial charge on any atom is -0.334 e. The Bertz CT molecular complexity index is 530. The maximum atomic E-state index is 12.4. The first kappa shape index (κ1) is 13.5. The number of carbonyl (C=O) groups is 1. The number of carbonyl (C=O) groups excluding carboxylic acids is 1. The maximum Gasteiger partial charge on any atom is 0.270 e. The van der Waals surface area contributed by atoms with Crippen LogP contribution in [0.4, 0.5) is 5.69 Å². The van der Waals surface area contributed by atoms with Crippen LogP contribution in [0.3, 0.4) is 0 Å². The van der Waals surface area contributed by atoms with E-state index >= 15 is 0 Å². The summed E-state index contributed by atoms with van der Waals surface area (Å²) in [5.74, 6) is -0.179. The van der Waals surface area contributed by atoms with Crippen LogP contribution in [-0.4, -0.2) is 34.4 Å². The lowest BCUT2D eigenvalue weighted by atomic mass is 10.1. The van der Waals surface area contributed by atoms with E-state index in [-0.39, 0.29) is 23.7 Å². The second kappa shape index (κ2) is 4.97. The number of likely N-dealkylation sites (tertiary alicyclic amines) is 1. The van der Waals surface area contributed by atoms with Gasteiger partial charge in [0.25, 0.3) is 11.6 Å². The molecule has 1 fully saturated rings.